The van der Waals surface area contributed by atoms with E-state index < -0.39 is 5.97 Å². The van der Waals surface area contributed by atoms with Crippen molar-refractivity contribution in [1.29, 1.82) is 0 Å². The molecule has 5 heteroatoms. The zero-order valence-electron chi connectivity index (χ0n) is 19.4. The van der Waals surface area contributed by atoms with Crippen LogP contribution < -0.4 is 0 Å². The summed E-state index contributed by atoms with van der Waals surface area (Å²) in [5.74, 6) is 4.10. The lowest BCUT2D eigenvalue weighted by atomic mass is 9.76. The first-order valence-corrected chi connectivity index (χ1v) is 14.0. The molecule has 1 aliphatic carbocycles. The molecule has 0 spiro atoms. The van der Waals surface area contributed by atoms with Crippen molar-refractivity contribution in [1.82, 2.24) is 0 Å². The number of allylic oxidation sites excluding steroid dienone is 2. The van der Waals surface area contributed by atoms with Gasteiger partial charge >= 0.3 is 5.97 Å². The van der Waals surface area contributed by atoms with Gasteiger partial charge in [0, 0.05) is 6.42 Å². The molecule has 3 fully saturated rings. The summed E-state index contributed by atoms with van der Waals surface area (Å²) in [7, 11) is 0. The van der Waals surface area contributed by atoms with Gasteiger partial charge in [0.1, 0.15) is 0 Å². The molecule has 2 unspecified atom stereocenters. The highest BCUT2D eigenvalue weighted by atomic mass is 32.2. The summed E-state index contributed by atoms with van der Waals surface area (Å²) in [5.41, 5.74) is 0. The Labute approximate surface area is 193 Å². The Balaban J connectivity index is 1.33. The Morgan fingerprint density at radius 2 is 1.84 bits per heavy atom. The summed E-state index contributed by atoms with van der Waals surface area (Å²) < 4.78 is 6.24. The van der Waals surface area contributed by atoms with Crippen LogP contribution in [0.15, 0.2) is 12.2 Å². The van der Waals surface area contributed by atoms with Gasteiger partial charge < -0.3 is 14.9 Å². The molecule has 1 saturated carbocycles. The van der Waals surface area contributed by atoms with Crippen molar-refractivity contribution in [2.45, 2.75) is 109 Å². The fourth-order valence-corrected chi connectivity index (χ4v) is 7.44. The number of rotatable bonds is 15. The minimum Gasteiger partial charge on any atom is -0.481 e. The summed E-state index contributed by atoms with van der Waals surface area (Å²) in [6, 6.07) is 0. The fraction of sp³-hybridized carbons (Fsp3) is 0.885. The van der Waals surface area contributed by atoms with Crippen molar-refractivity contribution in [2.75, 3.05) is 11.5 Å². The number of unbranched alkanes of at least 4 members (excludes halogenated alkanes) is 1. The van der Waals surface area contributed by atoms with E-state index in [1.807, 2.05) is 11.8 Å². The Morgan fingerprint density at radius 3 is 2.55 bits per heavy atom. The Bertz CT molecular complexity index is 560. The molecule has 31 heavy (non-hydrogen) atoms. The maximum absolute atomic E-state index is 10.7. The van der Waals surface area contributed by atoms with Crippen LogP contribution >= 0.6 is 11.8 Å². The van der Waals surface area contributed by atoms with Crippen molar-refractivity contribution >= 4 is 17.7 Å². The van der Waals surface area contributed by atoms with Crippen LogP contribution in [0.3, 0.4) is 0 Å². The van der Waals surface area contributed by atoms with Gasteiger partial charge in [-0.25, -0.2) is 0 Å². The first kappa shape index (κ1) is 25.1. The average Bonchev–Trinajstić information content (AvgIpc) is 3.49. The van der Waals surface area contributed by atoms with Gasteiger partial charge in [-0.3, -0.25) is 4.79 Å². The number of aliphatic hydroxyl groups is 1. The standard InChI is InChI=1S/C26H44O4S/c1-2-20(19-9-7-8-10-19)23(27)16-18-31-17-15-22-21(24-13-14-25(22)30-24)11-5-3-4-6-12-26(28)29/h3,5,19-25,27H,2,4,6-18H2,1H3,(H,28,29)/b5-3-/t20?,21-,22+,23?,24-,25+/m1/s1. The van der Waals surface area contributed by atoms with Crippen molar-refractivity contribution < 1.29 is 19.7 Å². The van der Waals surface area contributed by atoms with E-state index in [-0.39, 0.29) is 12.5 Å². The summed E-state index contributed by atoms with van der Waals surface area (Å²) in [6.45, 7) is 2.25. The average molecular weight is 453 g/mol. The quantitative estimate of drug-likeness (QED) is 0.233. The minimum absolute atomic E-state index is 0.120. The number of hydrogen-bond donors (Lipinski definition) is 2. The molecule has 0 amide bonds. The highest BCUT2D eigenvalue weighted by molar-refractivity contribution is 7.99. The molecule has 0 radical (unpaired) electrons. The molecule has 0 aromatic heterocycles. The number of carboxylic acids is 1. The van der Waals surface area contributed by atoms with Crippen LogP contribution in [0, 0.1) is 23.7 Å². The number of thioether (sulfide) groups is 1. The molecule has 2 saturated heterocycles. The topological polar surface area (TPSA) is 66.8 Å². The number of aliphatic carboxylic acids is 1. The summed E-state index contributed by atoms with van der Waals surface area (Å²) >= 11 is 2.02. The number of carbonyl (C=O) groups is 1. The third-order valence-corrected chi connectivity index (χ3v) is 9.10. The molecule has 0 aromatic carbocycles. The van der Waals surface area contributed by atoms with E-state index in [4.69, 9.17) is 9.84 Å². The van der Waals surface area contributed by atoms with Crippen LogP contribution in [0.1, 0.15) is 90.4 Å². The predicted octanol–water partition coefficient (Wildman–Crippen LogP) is 6.07. The molecule has 2 aliphatic heterocycles. The van der Waals surface area contributed by atoms with E-state index in [1.165, 1.54) is 50.7 Å². The summed E-state index contributed by atoms with van der Waals surface area (Å²) in [5, 5.41) is 19.5. The Morgan fingerprint density at radius 1 is 1.10 bits per heavy atom. The smallest absolute Gasteiger partial charge is 0.303 e. The molecular formula is C26H44O4S. The molecular weight excluding hydrogens is 408 g/mol. The monoisotopic (exact) mass is 452 g/mol. The van der Waals surface area contributed by atoms with Gasteiger partial charge in [-0.2, -0.15) is 11.8 Å². The molecule has 4 nitrogen and oxygen atoms in total. The molecule has 3 rings (SSSR count). The normalized spacial score (nSPS) is 30.4. The van der Waals surface area contributed by atoms with Gasteiger partial charge in [0.15, 0.2) is 0 Å². The van der Waals surface area contributed by atoms with E-state index in [0.717, 1.165) is 43.8 Å². The third kappa shape index (κ3) is 7.50. The largest absolute Gasteiger partial charge is 0.481 e. The van der Waals surface area contributed by atoms with Crippen molar-refractivity contribution in [3.05, 3.63) is 12.2 Å². The molecule has 2 bridgehead atoms. The van der Waals surface area contributed by atoms with Crippen LogP contribution in [0.2, 0.25) is 0 Å². The zero-order valence-corrected chi connectivity index (χ0v) is 20.2. The van der Waals surface area contributed by atoms with Crippen LogP contribution in [0.25, 0.3) is 0 Å². The van der Waals surface area contributed by atoms with Gasteiger partial charge in [-0.1, -0.05) is 51.2 Å². The zero-order chi connectivity index (χ0) is 22.1. The van der Waals surface area contributed by atoms with Crippen molar-refractivity contribution in [3.63, 3.8) is 0 Å². The predicted molar refractivity (Wildman–Crippen MR) is 128 cm³/mol. The maximum atomic E-state index is 10.7. The molecule has 2 N–H and O–H groups in total. The lowest BCUT2D eigenvalue weighted by Gasteiger charge is -2.28. The van der Waals surface area contributed by atoms with Crippen LogP contribution in [0.5, 0.6) is 0 Å². The van der Waals surface area contributed by atoms with Gasteiger partial charge in [0.05, 0.1) is 18.3 Å². The molecule has 2 heterocycles. The van der Waals surface area contributed by atoms with Crippen molar-refractivity contribution in [3.8, 4) is 0 Å². The van der Waals surface area contributed by atoms with E-state index >= 15 is 0 Å². The van der Waals surface area contributed by atoms with Gasteiger partial charge in [0.25, 0.3) is 0 Å². The Hall–Kier alpha value is -0.520. The third-order valence-electron chi connectivity index (χ3n) is 8.05. The van der Waals surface area contributed by atoms with E-state index in [1.54, 1.807) is 0 Å². The van der Waals surface area contributed by atoms with E-state index in [9.17, 15) is 9.90 Å². The van der Waals surface area contributed by atoms with Crippen LogP contribution in [-0.2, 0) is 9.53 Å². The van der Waals surface area contributed by atoms with Gasteiger partial charge in [-0.05, 0) is 80.1 Å². The van der Waals surface area contributed by atoms with Gasteiger partial charge in [-0.15, -0.1) is 0 Å². The molecule has 178 valence electrons. The van der Waals surface area contributed by atoms with Crippen LogP contribution in [0.4, 0.5) is 0 Å². The lowest BCUT2D eigenvalue weighted by Crippen LogP contribution is -2.28. The number of fused-ring (bicyclic) bond motifs is 2. The maximum Gasteiger partial charge on any atom is 0.303 e. The molecule has 6 atom stereocenters. The van der Waals surface area contributed by atoms with Crippen LogP contribution in [-0.4, -0.2) is 46.0 Å². The van der Waals surface area contributed by atoms with E-state index in [0.29, 0.717) is 30.0 Å². The summed E-state index contributed by atoms with van der Waals surface area (Å²) in [4.78, 5) is 10.6. The first-order chi connectivity index (χ1) is 15.1. The number of hydrogen-bond acceptors (Lipinski definition) is 4. The second-order valence-electron chi connectivity index (χ2n) is 9.98. The first-order valence-electron chi connectivity index (χ1n) is 12.9. The second kappa shape index (κ2) is 13.3. The summed E-state index contributed by atoms with van der Waals surface area (Å²) in [6.07, 6.45) is 19.2. The van der Waals surface area contributed by atoms with Crippen molar-refractivity contribution in [2.24, 2.45) is 23.7 Å². The lowest BCUT2D eigenvalue weighted by molar-refractivity contribution is -0.137. The number of aliphatic hydroxyl groups excluding tert-OH is 1. The molecule has 0 aromatic rings. The minimum atomic E-state index is -0.705. The Kier molecular flexibility index (Phi) is 10.7. The highest BCUT2D eigenvalue weighted by Crippen LogP contribution is 2.47. The van der Waals surface area contributed by atoms with Gasteiger partial charge in [0.2, 0.25) is 0 Å². The SMILES string of the molecule is CCC(C(O)CCSCC[C@H]1[C@@H](C/C=C\CCCC(=O)O)[C@H]2CC[C@@H]1O2)C1CCCC1. The number of carboxylic acid groups (broad SMARTS) is 1. The highest BCUT2D eigenvalue weighted by Gasteiger charge is 2.47. The second-order valence-corrected chi connectivity index (χ2v) is 11.2. The van der Waals surface area contributed by atoms with E-state index in [2.05, 4.69) is 19.1 Å². The fourth-order valence-electron chi connectivity index (χ4n) is 6.38. The number of ether oxygens (including phenoxy) is 1. The molecule has 3 aliphatic rings.